The summed E-state index contributed by atoms with van der Waals surface area (Å²) < 4.78 is 0. The largest absolute Gasteiger partial charge is 0.378 e. The van der Waals surface area contributed by atoms with Crippen molar-refractivity contribution >= 4 is 31.6 Å². The first-order chi connectivity index (χ1) is 12.2. The van der Waals surface area contributed by atoms with E-state index in [1.54, 1.807) is 0 Å². The maximum absolute atomic E-state index is 11.9. The van der Waals surface area contributed by atoms with Crippen molar-refractivity contribution in [3.63, 3.8) is 0 Å². The van der Waals surface area contributed by atoms with Gasteiger partial charge in [-0.05, 0) is 24.1 Å². The van der Waals surface area contributed by atoms with Gasteiger partial charge in [-0.3, -0.25) is 0 Å². The Kier molecular flexibility index (Phi) is 9.47. The number of benzene rings is 1. The monoisotopic (exact) mass is 391 g/mol. The van der Waals surface area contributed by atoms with Crippen LogP contribution in [0.3, 0.4) is 0 Å². The summed E-state index contributed by atoms with van der Waals surface area (Å²) in [5.74, 6) is 3.22. The summed E-state index contributed by atoms with van der Waals surface area (Å²) in [4.78, 5) is 13.9. The lowest BCUT2D eigenvalue weighted by Gasteiger charge is -2.22. The van der Waals surface area contributed by atoms with Gasteiger partial charge < -0.3 is 9.69 Å². The molecule has 1 aromatic rings. The number of carbonyl (C=O) groups is 1. The minimum absolute atomic E-state index is 0.0987. The van der Waals surface area contributed by atoms with Crippen molar-refractivity contribution < 1.29 is 4.79 Å². The molecule has 0 amide bonds. The van der Waals surface area contributed by atoms with Gasteiger partial charge in [0.05, 0.1) is 5.92 Å². The molecule has 0 bridgehead atoms. The summed E-state index contributed by atoms with van der Waals surface area (Å²) in [6, 6.07) is 6.08. The van der Waals surface area contributed by atoms with Gasteiger partial charge >= 0.3 is 0 Å². The van der Waals surface area contributed by atoms with E-state index in [0.717, 1.165) is 30.4 Å². The fraction of sp³-hybridized carbons (Fsp3) is 0.591. The predicted octanol–water partition coefficient (Wildman–Crippen LogP) is 6.16. The second-order valence-corrected chi connectivity index (χ2v) is 13.4. The van der Waals surface area contributed by atoms with E-state index in [-0.39, 0.29) is 11.8 Å². The number of anilines is 1. The lowest BCUT2D eigenvalue weighted by molar-refractivity contribution is -0.111. The molecule has 0 spiro atoms. The molecule has 144 valence electrons. The van der Waals surface area contributed by atoms with Gasteiger partial charge in [0.1, 0.15) is 14.4 Å². The summed E-state index contributed by atoms with van der Waals surface area (Å²) in [7, 11) is 2.46. The molecule has 4 heteroatoms. The van der Waals surface area contributed by atoms with E-state index >= 15 is 0 Å². The Labute approximate surface area is 166 Å². The Hall–Kier alpha value is -1.24. The summed E-state index contributed by atoms with van der Waals surface area (Å²) in [6.07, 6.45) is 6.61. The molecule has 1 aromatic carbocycles. The van der Waals surface area contributed by atoms with Crippen molar-refractivity contribution in [2.75, 3.05) is 19.0 Å². The van der Waals surface area contributed by atoms with Crippen LogP contribution in [0.1, 0.15) is 50.5 Å². The van der Waals surface area contributed by atoms with Gasteiger partial charge in [0.2, 0.25) is 0 Å². The van der Waals surface area contributed by atoms with Crippen molar-refractivity contribution in [2.24, 2.45) is 5.92 Å². The zero-order valence-electron chi connectivity index (χ0n) is 17.2. The number of rotatable bonds is 9. The molecule has 0 aromatic heterocycles. The standard InChI is InChI=1S/C22H34ClNOSi/c1-7-8-9-10-11-18(17-25)20(14-15-26(4,5)6)21-13-12-19(24(2)3)16-22(21)23/h12-13,16-18,20H,7-11H2,1-6H3/t18-,20+/m1/s1. The highest BCUT2D eigenvalue weighted by atomic mass is 35.5. The van der Waals surface area contributed by atoms with E-state index in [0.29, 0.717) is 5.02 Å². The number of hydrogen-bond donors (Lipinski definition) is 0. The van der Waals surface area contributed by atoms with Gasteiger partial charge in [-0.2, -0.15) is 0 Å². The lowest BCUT2D eigenvalue weighted by Crippen LogP contribution is -2.19. The van der Waals surface area contributed by atoms with Crippen LogP contribution in [0, 0.1) is 17.4 Å². The first-order valence-corrected chi connectivity index (χ1v) is 13.5. The number of nitrogens with zero attached hydrogens (tertiary/aromatic N) is 1. The molecule has 0 radical (unpaired) electrons. The number of carbonyl (C=O) groups excluding carboxylic acids is 1. The quantitative estimate of drug-likeness (QED) is 0.217. The number of halogens is 1. The van der Waals surface area contributed by atoms with Gasteiger partial charge in [0.25, 0.3) is 0 Å². The molecule has 0 N–H and O–H groups in total. The second kappa shape index (κ2) is 10.8. The first-order valence-electron chi connectivity index (χ1n) is 9.64. The van der Waals surface area contributed by atoms with Crippen LogP contribution in [0.5, 0.6) is 0 Å². The fourth-order valence-corrected chi connectivity index (χ4v) is 3.76. The summed E-state index contributed by atoms with van der Waals surface area (Å²) in [5, 5.41) is 0.700. The number of unbranched alkanes of at least 4 members (excludes halogenated alkanes) is 3. The van der Waals surface area contributed by atoms with Crippen molar-refractivity contribution in [1.29, 1.82) is 0 Å². The molecule has 2 nitrogen and oxygen atoms in total. The van der Waals surface area contributed by atoms with E-state index in [4.69, 9.17) is 11.6 Å². The zero-order chi connectivity index (χ0) is 19.7. The molecule has 2 atom stereocenters. The van der Waals surface area contributed by atoms with Gasteiger partial charge in [-0.25, -0.2) is 0 Å². The van der Waals surface area contributed by atoms with Crippen LogP contribution in [0.4, 0.5) is 5.69 Å². The highest BCUT2D eigenvalue weighted by Gasteiger charge is 2.24. The van der Waals surface area contributed by atoms with E-state index < -0.39 is 8.07 Å². The Morgan fingerprint density at radius 1 is 1.19 bits per heavy atom. The highest BCUT2D eigenvalue weighted by molar-refractivity contribution is 6.83. The van der Waals surface area contributed by atoms with E-state index in [9.17, 15) is 4.79 Å². The SMILES string of the molecule is CCCCCC[C@H](C=O)[C@H](C#C[Si](C)(C)C)c1ccc(N(C)C)cc1Cl. The number of aldehydes is 1. The van der Waals surface area contributed by atoms with Crippen molar-refractivity contribution in [1.82, 2.24) is 0 Å². The average Bonchev–Trinajstić information content (AvgIpc) is 2.56. The minimum Gasteiger partial charge on any atom is -0.378 e. The zero-order valence-corrected chi connectivity index (χ0v) is 19.0. The molecule has 0 fully saturated rings. The molecule has 0 aliphatic rings. The smallest absolute Gasteiger partial charge is 0.129 e. The van der Waals surface area contributed by atoms with Gasteiger partial charge in [0.15, 0.2) is 0 Å². The molecule has 0 aliphatic heterocycles. The first kappa shape index (κ1) is 22.8. The third-order valence-electron chi connectivity index (χ3n) is 4.43. The molecule has 0 unspecified atom stereocenters. The van der Waals surface area contributed by atoms with Crippen LogP contribution in [-0.2, 0) is 4.79 Å². The molecular weight excluding hydrogens is 358 g/mol. The van der Waals surface area contributed by atoms with Crippen LogP contribution < -0.4 is 4.90 Å². The van der Waals surface area contributed by atoms with Crippen LogP contribution >= 0.6 is 11.6 Å². The van der Waals surface area contributed by atoms with Crippen molar-refractivity contribution in [3.05, 3.63) is 28.8 Å². The average molecular weight is 392 g/mol. The van der Waals surface area contributed by atoms with Gasteiger partial charge in [0, 0.05) is 30.7 Å². The van der Waals surface area contributed by atoms with Crippen molar-refractivity contribution in [2.45, 2.75) is 64.6 Å². The van der Waals surface area contributed by atoms with Crippen LogP contribution in [-0.4, -0.2) is 28.5 Å². The Bertz CT molecular complexity index is 640. The number of hydrogen-bond acceptors (Lipinski definition) is 2. The van der Waals surface area contributed by atoms with Crippen molar-refractivity contribution in [3.8, 4) is 11.5 Å². The molecule has 26 heavy (non-hydrogen) atoms. The topological polar surface area (TPSA) is 20.3 Å². The van der Waals surface area contributed by atoms with E-state index in [1.807, 2.05) is 31.1 Å². The van der Waals surface area contributed by atoms with Gasteiger partial charge in [-0.15, -0.1) is 11.5 Å². The third kappa shape index (κ3) is 7.56. The second-order valence-electron chi connectivity index (χ2n) is 8.25. The van der Waals surface area contributed by atoms with Crippen LogP contribution in [0.15, 0.2) is 18.2 Å². The lowest BCUT2D eigenvalue weighted by atomic mass is 9.84. The Morgan fingerprint density at radius 2 is 1.88 bits per heavy atom. The Balaban J connectivity index is 3.18. The molecule has 0 aliphatic carbocycles. The van der Waals surface area contributed by atoms with Crippen LogP contribution in [0.25, 0.3) is 0 Å². The molecule has 0 saturated heterocycles. The summed E-state index contributed by atoms with van der Waals surface area (Å²) in [5.41, 5.74) is 5.50. The molecule has 0 saturated carbocycles. The predicted molar refractivity (Wildman–Crippen MR) is 118 cm³/mol. The highest BCUT2D eigenvalue weighted by Crippen LogP contribution is 2.34. The summed E-state index contributed by atoms with van der Waals surface area (Å²) in [6.45, 7) is 8.88. The minimum atomic E-state index is -1.53. The third-order valence-corrected chi connectivity index (χ3v) is 5.65. The molecule has 1 rings (SSSR count). The maximum atomic E-state index is 11.9. The maximum Gasteiger partial charge on any atom is 0.129 e. The summed E-state index contributed by atoms with van der Waals surface area (Å²) >= 11 is 6.60. The van der Waals surface area contributed by atoms with E-state index in [1.165, 1.54) is 19.3 Å². The normalized spacial score (nSPS) is 13.5. The van der Waals surface area contributed by atoms with E-state index in [2.05, 4.69) is 44.1 Å². The van der Waals surface area contributed by atoms with Crippen LogP contribution in [0.2, 0.25) is 24.7 Å². The van der Waals surface area contributed by atoms with Gasteiger partial charge in [-0.1, -0.05) is 69.9 Å². The molecular formula is C22H34ClNOSi. The fourth-order valence-electron chi connectivity index (χ4n) is 2.88. The molecule has 0 heterocycles. The Morgan fingerprint density at radius 3 is 2.38 bits per heavy atom.